The van der Waals surface area contributed by atoms with E-state index in [-0.39, 0.29) is 0 Å². The predicted molar refractivity (Wildman–Crippen MR) is 101 cm³/mol. The van der Waals surface area contributed by atoms with E-state index in [1.165, 1.54) is 6.42 Å². The summed E-state index contributed by atoms with van der Waals surface area (Å²) in [7, 11) is 3.98. The van der Waals surface area contributed by atoms with Gasteiger partial charge in [-0.3, -0.25) is 0 Å². The van der Waals surface area contributed by atoms with E-state index in [1.54, 1.807) is 12.3 Å². The maximum Gasteiger partial charge on any atom is 0.227 e. The highest BCUT2D eigenvalue weighted by Gasteiger charge is 2.39. The van der Waals surface area contributed by atoms with Gasteiger partial charge in [0.15, 0.2) is 0 Å². The minimum atomic E-state index is 0.386. The zero-order chi connectivity index (χ0) is 18.1. The number of hydrogen-bond acceptors (Lipinski definition) is 7. The number of piperidine rings is 1. The standard InChI is InChI=1S/C19H23N7/c1-24(2)17-4-8-22-19(23-17)25-9-5-15-6-10-26(16(15)13-25)18-11-14(12-20)3-7-21-18/h3-4,7-8,11,15-16H,5-6,9-10,13H2,1-2H3. The molecule has 0 amide bonds. The first kappa shape index (κ1) is 16.6. The smallest absolute Gasteiger partial charge is 0.227 e. The summed E-state index contributed by atoms with van der Waals surface area (Å²) in [4.78, 5) is 20.3. The van der Waals surface area contributed by atoms with Crippen LogP contribution in [0, 0.1) is 17.2 Å². The molecule has 26 heavy (non-hydrogen) atoms. The maximum atomic E-state index is 9.17. The number of hydrogen-bond donors (Lipinski definition) is 0. The third kappa shape index (κ3) is 3.03. The molecule has 7 nitrogen and oxygen atoms in total. The summed E-state index contributed by atoms with van der Waals surface area (Å²) in [5.41, 5.74) is 0.660. The molecule has 2 fully saturated rings. The topological polar surface area (TPSA) is 72.2 Å². The SMILES string of the molecule is CN(C)c1ccnc(N2CCC3CCN(c4cc(C#N)ccn4)C3C2)n1. The number of nitrogens with zero attached hydrogens (tertiary/aromatic N) is 7. The van der Waals surface area contributed by atoms with Crippen molar-refractivity contribution >= 4 is 17.6 Å². The summed E-state index contributed by atoms with van der Waals surface area (Å²) in [5, 5.41) is 9.17. The molecular weight excluding hydrogens is 326 g/mol. The van der Waals surface area contributed by atoms with Gasteiger partial charge >= 0.3 is 0 Å². The Balaban J connectivity index is 1.57. The van der Waals surface area contributed by atoms with Crippen molar-refractivity contribution in [2.75, 3.05) is 48.4 Å². The van der Waals surface area contributed by atoms with Crippen LogP contribution in [0.3, 0.4) is 0 Å². The Bertz CT molecular complexity index is 829. The summed E-state index contributed by atoms with van der Waals surface area (Å²) >= 11 is 0. The zero-order valence-corrected chi connectivity index (χ0v) is 15.2. The second-order valence-corrected chi connectivity index (χ2v) is 7.17. The second-order valence-electron chi connectivity index (χ2n) is 7.17. The quantitative estimate of drug-likeness (QED) is 0.838. The van der Waals surface area contributed by atoms with Crippen molar-refractivity contribution in [2.24, 2.45) is 5.92 Å². The number of aromatic nitrogens is 3. The van der Waals surface area contributed by atoms with Crippen molar-refractivity contribution in [3.05, 3.63) is 36.2 Å². The van der Waals surface area contributed by atoms with Gasteiger partial charge in [0.2, 0.25) is 5.95 Å². The van der Waals surface area contributed by atoms with E-state index in [9.17, 15) is 5.26 Å². The fourth-order valence-electron chi connectivity index (χ4n) is 3.99. The highest BCUT2D eigenvalue weighted by Crippen LogP contribution is 2.35. The van der Waals surface area contributed by atoms with Gasteiger partial charge < -0.3 is 14.7 Å². The Morgan fingerprint density at radius 1 is 1.15 bits per heavy atom. The lowest BCUT2D eigenvalue weighted by Gasteiger charge is -2.39. The summed E-state index contributed by atoms with van der Waals surface area (Å²) in [5.74, 6) is 3.28. The van der Waals surface area contributed by atoms with Crippen molar-refractivity contribution in [1.29, 1.82) is 5.26 Å². The molecule has 2 aliphatic rings. The normalized spacial score (nSPS) is 22.0. The molecule has 134 valence electrons. The van der Waals surface area contributed by atoms with Gasteiger partial charge in [-0.15, -0.1) is 0 Å². The summed E-state index contributed by atoms with van der Waals surface area (Å²) in [6.45, 7) is 2.86. The Hall–Kier alpha value is -2.88. The third-order valence-corrected chi connectivity index (χ3v) is 5.40. The van der Waals surface area contributed by atoms with Crippen LogP contribution in [0.15, 0.2) is 30.6 Å². The van der Waals surface area contributed by atoms with E-state index in [0.717, 1.165) is 43.6 Å². The van der Waals surface area contributed by atoms with Gasteiger partial charge in [-0.05, 0) is 37.0 Å². The summed E-state index contributed by atoms with van der Waals surface area (Å²) in [6.07, 6.45) is 5.86. The molecule has 2 atom stereocenters. The molecule has 0 bridgehead atoms. The lowest BCUT2D eigenvalue weighted by molar-refractivity contribution is 0.387. The zero-order valence-electron chi connectivity index (χ0n) is 15.2. The molecule has 2 aromatic heterocycles. The van der Waals surface area contributed by atoms with Crippen LogP contribution >= 0.6 is 0 Å². The number of pyridine rings is 1. The summed E-state index contributed by atoms with van der Waals surface area (Å²) in [6, 6.07) is 8.17. The van der Waals surface area contributed by atoms with Gasteiger partial charge in [0.05, 0.1) is 17.7 Å². The van der Waals surface area contributed by atoms with Gasteiger partial charge in [0.1, 0.15) is 11.6 Å². The molecule has 2 aliphatic heterocycles. The van der Waals surface area contributed by atoms with Crippen LogP contribution in [0.1, 0.15) is 18.4 Å². The van der Waals surface area contributed by atoms with E-state index in [2.05, 4.69) is 25.8 Å². The fourth-order valence-corrected chi connectivity index (χ4v) is 3.99. The summed E-state index contributed by atoms with van der Waals surface area (Å²) < 4.78 is 0. The fraction of sp³-hybridized carbons (Fsp3) is 0.474. The molecular formula is C19H23N7. The lowest BCUT2D eigenvalue weighted by atomic mass is 9.92. The molecule has 2 saturated heterocycles. The highest BCUT2D eigenvalue weighted by atomic mass is 15.3. The van der Waals surface area contributed by atoms with Crippen molar-refractivity contribution in [3.8, 4) is 6.07 Å². The number of nitriles is 1. The molecule has 4 heterocycles. The van der Waals surface area contributed by atoms with Crippen LogP contribution < -0.4 is 14.7 Å². The van der Waals surface area contributed by atoms with Crippen molar-refractivity contribution in [3.63, 3.8) is 0 Å². The minimum absolute atomic E-state index is 0.386. The lowest BCUT2D eigenvalue weighted by Crippen LogP contribution is -2.49. The van der Waals surface area contributed by atoms with Gasteiger partial charge in [-0.2, -0.15) is 10.2 Å². The van der Waals surface area contributed by atoms with Crippen LogP contribution in [-0.4, -0.2) is 54.7 Å². The Morgan fingerprint density at radius 2 is 1.96 bits per heavy atom. The molecule has 0 aromatic carbocycles. The monoisotopic (exact) mass is 349 g/mol. The third-order valence-electron chi connectivity index (χ3n) is 5.40. The van der Waals surface area contributed by atoms with Crippen LogP contribution in [0.5, 0.6) is 0 Å². The van der Waals surface area contributed by atoms with Gasteiger partial charge in [-0.1, -0.05) is 0 Å². The van der Waals surface area contributed by atoms with Gasteiger partial charge in [0, 0.05) is 46.1 Å². The molecule has 7 heteroatoms. The van der Waals surface area contributed by atoms with Crippen LogP contribution in [0.2, 0.25) is 0 Å². The molecule has 0 radical (unpaired) electrons. The van der Waals surface area contributed by atoms with Crippen LogP contribution in [0.25, 0.3) is 0 Å². The molecule has 0 saturated carbocycles. The van der Waals surface area contributed by atoms with Crippen LogP contribution in [0.4, 0.5) is 17.6 Å². The first-order valence-electron chi connectivity index (χ1n) is 9.04. The average Bonchev–Trinajstić information content (AvgIpc) is 3.11. The maximum absolute atomic E-state index is 9.17. The number of rotatable bonds is 3. The largest absolute Gasteiger partial charge is 0.363 e. The van der Waals surface area contributed by atoms with Gasteiger partial charge in [-0.25, -0.2) is 9.97 Å². The predicted octanol–water partition coefficient (Wildman–Crippen LogP) is 1.91. The van der Waals surface area contributed by atoms with Crippen molar-refractivity contribution in [2.45, 2.75) is 18.9 Å². The Morgan fingerprint density at radius 3 is 2.77 bits per heavy atom. The molecule has 4 rings (SSSR count). The Kier molecular flexibility index (Phi) is 4.33. The van der Waals surface area contributed by atoms with E-state index in [4.69, 9.17) is 4.98 Å². The molecule has 2 unspecified atom stereocenters. The van der Waals surface area contributed by atoms with Crippen molar-refractivity contribution in [1.82, 2.24) is 15.0 Å². The van der Waals surface area contributed by atoms with E-state index in [1.807, 2.05) is 37.3 Å². The van der Waals surface area contributed by atoms with E-state index >= 15 is 0 Å². The van der Waals surface area contributed by atoms with Crippen LogP contribution in [-0.2, 0) is 0 Å². The first-order valence-corrected chi connectivity index (χ1v) is 9.04. The number of anilines is 3. The van der Waals surface area contributed by atoms with E-state index < -0.39 is 0 Å². The first-order chi connectivity index (χ1) is 12.7. The van der Waals surface area contributed by atoms with E-state index in [0.29, 0.717) is 17.5 Å². The highest BCUT2D eigenvalue weighted by molar-refractivity contribution is 5.49. The van der Waals surface area contributed by atoms with Crippen molar-refractivity contribution < 1.29 is 0 Å². The Labute approximate surface area is 153 Å². The second kappa shape index (κ2) is 6.79. The number of fused-ring (bicyclic) bond motifs is 1. The molecule has 0 aliphatic carbocycles. The molecule has 2 aromatic rings. The molecule has 0 spiro atoms. The minimum Gasteiger partial charge on any atom is -0.363 e. The van der Waals surface area contributed by atoms with Gasteiger partial charge in [0.25, 0.3) is 0 Å². The average molecular weight is 349 g/mol. The molecule has 0 N–H and O–H groups in total.